The normalized spacial score (nSPS) is 13.4. The van der Waals surface area contributed by atoms with Gasteiger partial charge in [0.1, 0.15) is 11.5 Å². The number of benzene rings is 2. The molecule has 0 fully saturated rings. The van der Waals surface area contributed by atoms with Crippen LogP contribution >= 0.6 is 0 Å². The van der Waals surface area contributed by atoms with Gasteiger partial charge in [0.15, 0.2) is 0 Å². The predicted octanol–water partition coefficient (Wildman–Crippen LogP) is 5.13. The molecule has 3 aromatic rings. The van der Waals surface area contributed by atoms with Gasteiger partial charge in [-0.2, -0.15) is 0 Å². The van der Waals surface area contributed by atoms with Gasteiger partial charge in [-0.15, -0.1) is 0 Å². The van der Waals surface area contributed by atoms with Gasteiger partial charge >= 0.3 is 0 Å². The first-order valence-corrected chi connectivity index (χ1v) is 7.87. The molecule has 1 aliphatic rings. The molecule has 0 unspecified atom stereocenters. The van der Waals surface area contributed by atoms with Crippen LogP contribution in [0.15, 0.2) is 42.5 Å². The number of ether oxygens (including phenoxy) is 1. The number of pyridine rings is 1. The Morgan fingerprint density at radius 2 is 1.73 bits per heavy atom. The van der Waals surface area contributed by atoms with E-state index in [1.54, 1.807) is 0 Å². The van der Waals surface area contributed by atoms with E-state index < -0.39 is 0 Å². The summed E-state index contributed by atoms with van der Waals surface area (Å²) < 4.78 is 6.36. The molecular formula is C20H19NO. The van der Waals surface area contributed by atoms with Gasteiger partial charge < -0.3 is 4.74 Å². The van der Waals surface area contributed by atoms with Crippen molar-refractivity contribution in [1.29, 1.82) is 0 Å². The molecule has 1 heterocycles. The topological polar surface area (TPSA) is 22.1 Å². The van der Waals surface area contributed by atoms with Crippen LogP contribution in [0.5, 0.6) is 11.5 Å². The molecule has 2 nitrogen and oxygen atoms in total. The Hall–Kier alpha value is -2.35. The summed E-state index contributed by atoms with van der Waals surface area (Å²) in [6.45, 7) is 4.21. The van der Waals surface area contributed by atoms with E-state index in [0.717, 1.165) is 35.2 Å². The van der Waals surface area contributed by atoms with Crippen molar-refractivity contribution in [2.45, 2.75) is 33.1 Å². The Balaban J connectivity index is 1.90. The highest BCUT2D eigenvalue weighted by Gasteiger charge is 2.21. The van der Waals surface area contributed by atoms with Crippen LogP contribution in [0.1, 0.15) is 28.8 Å². The van der Waals surface area contributed by atoms with Gasteiger partial charge in [0.2, 0.25) is 0 Å². The van der Waals surface area contributed by atoms with Gasteiger partial charge in [0.05, 0.1) is 5.52 Å². The summed E-state index contributed by atoms with van der Waals surface area (Å²) in [7, 11) is 0. The molecule has 0 saturated heterocycles. The third kappa shape index (κ3) is 2.25. The molecule has 0 atom stereocenters. The third-order valence-corrected chi connectivity index (χ3v) is 4.28. The zero-order valence-corrected chi connectivity index (χ0v) is 13.0. The maximum absolute atomic E-state index is 6.36. The SMILES string of the molecule is Cc1cc(C)cc(Oc2c3c(nc4ccccc24)CCC3)c1. The molecule has 110 valence electrons. The van der Waals surface area contributed by atoms with E-state index >= 15 is 0 Å². The van der Waals surface area contributed by atoms with Crippen molar-refractivity contribution >= 4 is 10.9 Å². The van der Waals surface area contributed by atoms with E-state index in [1.165, 1.54) is 28.8 Å². The standard InChI is InChI=1S/C20H19NO/c1-13-10-14(2)12-15(11-13)22-20-16-6-3-4-8-18(16)21-19-9-5-7-17(19)20/h3-4,6,8,10-12H,5,7,9H2,1-2H3. The molecule has 0 saturated carbocycles. The van der Waals surface area contributed by atoms with Crippen molar-refractivity contribution in [3.63, 3.8) is 0 Å². The quantitative estimate of drug-likeness (QED) is 0.652. The molecule has 1 aliphatic carbocycles. The summed E-state index contributed by atoms with van der Waals surface area (Å²) in [6.07, 6.45) is 3.29. The van der Waals surface area contributed by atoms with Crippen molar-refractivity contribution in [3.05, 3.63) is 64.8 Å². The Morgan fingerprint density at radius 1 is 0.955 bits per heavy atom. The van der Waals surface area contributed by atoms with Gasteiger partial charge in [-0.1, -0.05) is 18.2 Å². The number of hydrogen-bond acceptors (Lipinski definition) is 2. The number of aromatic nitrogens is 1. The lowest BCUT2D eigenvalue weighted by molar-refractivity contribution is 0.481. The van der Waals surface area contributed by atoms with Gasteiger partial charge in [-0.05, 0) is 68.5 Å². The van der Waals surface area contributed by atoms with Gasteiger partial charge in [-0.25, -0.2) is 0 Å². The van der Waals surface area contributed by atoms with Gasteiger partial charge in [0.25, 0.3) is 0 Å². The fourth-order valence-corrected chi connectivity index (χ4v) is 3.39. The first-order chi connectivity index (χ1) is 10.7. The van der Waals surface area contributed by atoms with Crippen LogP contribution in [-0.2, 0) is 12.8 Å². The second kappa shape index (κ2) is 5.13. The number of nitrogens with zero attached hydrogens (tertiary/aromatic N) is 1. The lowest BCUT2D eigenvalue weighted by atomic mass is 10.1. The Kier molecular flexibility index (Phi) is 3.11. The van der Waals surface area contributed by atoms with E-state index in [9.17, 15) is 0 Å². The minimum absolute atomic E-state index is 0.919. The number of rotatable bonds is 2. The van der Waals surface area contributed by atoms with Crippen LogP contribution in [-0.4, -0.2) is 4.98 Å². The maximum atomic E-state index is 6.36. The fraction of sp³-hybridized carbons (Fsp3) is 0.250. The Labute approximate surface area is 130 Å². The van der Waals surface area contributed by atoms with E-state index in [0.29, 0.717) is 0 Å². The second-order valence-electron chi connectivity index (χ2n) is 6.16. The lowest BCUT2D eigenvalue weighted by Crippen LogP contribution is -1.96. The van der Waals surface area contributed by atoms with Crippen molar-refractivity contribution < 1.29 is 4.74 Å². The summed E-state index contributed by atoms with van der Waals surface area (Å²) in [5.74, 6) is 1.92. The summed E-state index contributed by atoms with van der Waals surface area (Å²) in [6, 6.07) is 14.6. The first-order valence-electron chi connectivity index (χ1n) is 7.87. The molecule has 1 aromatic heterocycles. The summed E-state index contributed by atoms with van der Waals surface area (Å²) >= 11 is 0. The number of hydrogen-bond donors (Lipinski definition) is 0. The van der Waals surface area contributed by atoms with Crippen molar-refractivity contribution in [2.24, 2.45) is 0 Å². The highest BCUT2D eigenvalue weighted by Crippen LogP contribution is 2.38. The minimum Gasteiger partial charge on any atom is -0.456 e. The van der Waals surface area contributed by atoms with Crippen LogP contribution in [0, 0.1) is 13.8 Å². The smallest absolute Gasteiger partial charge is 0.141 e. The van der Waals surface area contributed by atoms with Crippen LogP contribution in [0.4, 0.5) is 0 Å². The molecule has 0 amide bonds. The van der Waals surface area contributed by atoms with Crippen LogP contribution < -0.4 is 4.74 Å². The number of para-hydroxylation sites is 1. The summed E-state index contributed by atoms with van der Waals surface area (Å²) in [5, 5.41) is 1.11. The van der Waals surface area contributed by atoms with Crippen molar-refractivity contribution in [2.75, 3.05) is 0 Å². The van der Waals surface area contributed by atoms with Gasteiger partial charge in [-0.3, -0.25) is 4.98 Å². The molecular weight excluding hydrogens is 270 g/mol. The maximum Gasteiger partial charge on any atom is 0.141 e. The molecule has 0 bridgehead atoms. The largest absolute Gasteiger partial charge is 0.456 e. The average Bonchev–Trinajstić information content (AvgIpc) is 2.94. The van der Waals surface area contributed by atoms with E-state index in [1.807, 2.05) is 6.07 Å². The number of fused-ring (bicyclic) bond motifs is 2. The lowest BCUT2D eigenvalue weighted by Gasteiger charge is -2.14. The molecule has 0 radical (unpaired) electrons. The molecule has 0 N–H and O–H groups in total. The zero-order valence-electron chi connectivity index (χ0n) is 13.0. The molecule has 4 rings (SSSR count). The van der Waals surface area contributed by atoms with E-state index in [2.05, 4.69) is 50.2 Å². The van der Waals surface area contributed by atoms with Crippen LogP contribution in [0.3, 0.4) is 0 Å². The third-order valence-electron chi connectivity index (χ3n) is 4.28. The molecule has 0 aliphatic heterocycles. The summed E-state index contributed by atoms with van der Waals surface area (Å²) in [5.41, 5.74) is 5.98. The number of aryl methyl sites for hydroxylation is 3. The molecule has 22 heavy (non-hydrogen) atoms. The minimum atomic E-state index is 0.919. The Morgan fingerprint density at radius 3 is 2.55 bits per heavy atom. The van der Waals surface area contributed by atoms with E-state index in [4.69, 9.17) is 9.72 Å². The molecule has 2 aromatic carbocycles. The molecule has 0 spiro atoms. The van der Waals surface area contributed by atoms with Crippen molar-refractivity contribution in [3.8, 4) is 11.5 Å². The first kappa shape index (κ1) is 13.3. The zero-order chi connectivity index (χ0) is 15.1. The average molecular weight is 289 g/mol. The van der Waals surface area contributed by atoms with E-state index in [-0.39, 0.29) is 0 Å². The second-order valence-corrected chi connectivity index (χ2v) is 6.16. The highest BCUT2D eigenvalue weighted by atomic mass is 16.5. The highest BCUT2D eigenvalue weighted by molar-refractivity contribution is 5.87. The monoisotopic (exact) mass is 289 g/mol. The van der Waals surface area contributed by atoms with Gasteiger partial charge in [0, 0.05) is 16.6 Å². The fourth-order valence-electron chi connectivity index (χ4n) is 3.39. The van der Waals surface area contributed by atoms with Crippen molar-refractivity contribution in [1.82, 2.24) is 4.98 Å². The predicted molar refractivity (Wildman–Crippen MR) is 89.8 cm³/mol. The van der Waals surface area contributed by atoms with Crippen LogP contribution in [0.25, 0.3) is 10.9 Å². The summed E-state index contributed by atoms with van der Waals surface area (Å²) in [4.78, 5) is 4.81. The van der Waals surface area contributed by atoms with Crippen LogP contribution in [0.2, 0.25) is 0 Å². The molecule has 2 heteroatoms. The Bertz CT molecular complexity index is 847.